The number of unbranched alkanes of at least 4 members (excludes halogenated alkanes) is 1. The summed E-state index contributed by atoms with van der Waals surface area (Å²) in [6, 6.07) is 6.57. The van der Waals surface area contributed by atoms with E-state index in [0.717, 1.165) is 19.1 Å². The molecule has 0 aliphatic heterocycles. The highest BCUT2D eigenvalue weighted by Crippen LogP contribution is 2.29. The summed E-state index contributed by atoms with van der Waals surface area (Å²) in [6.07, 6.45) is 6.65. The van der Waals surface area contributed by atoms with Crippen LogP contribution in [0.2, 0.25) is 5.02 Å². The maximum absolute atomic E-state index is 13.0. The Morgan fingerprint density at radius 1 is 1.31 bits per heavy atom. The van der Waals surface area contributed by atoms with Gasteiger partial charge in [-0.3, -0.25) is 4.79 Å². The quantitative estimate of drug-likeness (QED) is 0.385. The first-order chi connectivity index (χ1) is 12.2. The molecule has 0 saturated heterocycles. The van der Waals surface area contributed by atoms with E-state index >= 15 is 0 Å². The van der Waals surface area contributed by atoms with Crippen molar-refractivity contribution in [2.45, 2.75) is 33.2 Å². The molecule has 0 aliphatic rings. The van der Waals surface area contributed by atoms with Gasteiger partial charge in [-0.25, -0.2) is 4.68 Å². The molecular formula is C18H21ClN2O4S. The number of aryl methyl sites for hydroxylation is 1. The summed E-state index contributed by atoms with van der Waals surface area (Å²) in [4.78, 5) is 13.0. The van der Waals surface area contributed by atoms with E-state index in [-0.39, 0.29) is 22.0 Å². The molecule has 0 N–H and O–H groups in total. The fraction of sp³-hybridized carbons (Fsp3) is 0.333. The number of halogens is 1. The largest absolute Gasteiger partial charge is 0.361 e. The lowest BCUT2D eigenvalue weighted by atomic mass is 10.0. The number of hydrogen-bond acceptors (Lipinski definition) is 5. The fourth-order valence-corrected chi connectivity index (χ4v) is 3.09. The van der Waals surface area contributed by atoms with Gasteiger partial charge in [0.1, 0.15) is 5.56 Å². The van der Waals surface area contributed by atoms with E-state index in [1.807, 2.05) is 12.2 Å². The van der Waals surface area contributed by atoms with Crippen molar-refractivity contribution in [2.75, 3.05) is 6.26 Å². The third kappa shape index (κ3) is 4.95. The van der Waals surface area contributed by atoms with Gasteiger partial charge < -0.3 is 4.18 Å². The number of rotatable bonds is 8. The molecule has 0 fully saturated rings. The Morgan fingerprint density at radius 2 is 2.00 bits per heavy atom. The standard InChI is InChI=1S/C18H21ClN2O4S/c1-4-5-6-9-12-21-18(25-26(3,23)24)16(13(2)20-21)17(22)14-10-7-8-11-15(14)19/h6-11H,4-5,12H2,1-3H3. The molecular weight excluding hydrogens is 376 g/mol. The average molecular weight is 397 g/mol. The third-order valence-corrected chi connectivity index (χ3v) is 4.35. The number of nitrogens with zero attached hydrogens (tertiary/aromatic N) is 2. The van der Waals surface area contributed by atoms with Crippen LogP contribution in [-0.4, -0.2) is 30.2 Å². The highest BCUT2D eigenvalue weighted by Gasteiger charge is 2.27. The van der Waals surface area contributed by atoms with E-state index in [0.29, 0.717) is 12.2 Å². The van der Waals surface area contributed by atoms with Gasteiger partial charge in [-0.1, -0.05) is 49.2 Å². The summed E-state index contributed by atoms with van der Waals surface area (Å²) in [5.41, 5.74) is 0.724. The minimum Gasteiger partial charge on any atom is -0.361 e. The van der Waals surface area contributed by atoms with Crippen LogP contribution in [0.5, 0.6) is 5.88 Å². The van der Waals surface area contributed by atoms with Gasteiger partial charge in [0.25, 0.3) is 0 Å². The van der Waals surface area contributed by atoms with Gasteiger partial charge in [-0.2, -0.15) is 13.5 Å². The van der Waals surface area contributed by atoms with E-state index in [4.69, 9.17) is 15.8 Å². The second-order valence-corrected chi connectivity index (χ2v) is 7.79. The van der Waals surface area contributed by atoms with E-state index in [1.165, 1.54) is 4.68 Å². The van der Waals surface area contributed by atoms with E-state index < -0.39 is 15.9 Å². The molecule has 6 nitrogen and oxygen atoms in total. The van der Waals surface area contributed by atoms with Gasteiger partial charge in [0.2, 0.25) is 11.7 Å². The normalized spacial score (nSPS) is 11.8. The van der Waals surface area contributed by atoms with Crippen LogP contribution in [0.25, 0.3) is 0 Å². The predicted molar refractivity (Wildman–Crippen MR) is 101 cm³/mol. The monoisotopic (exact) mass is 396 g/mol. The molecule has 8 heteroatoms. The number of benzene rings is 1. The van der Waals surface area contributed by atoms with Crippen LogP contribution in [-0.2, 0) is 16.7 Å². The molecule has 2 aromatic rings. The van der Waals surface area contributed by atoms with Crippen LogP contribution in [0.15, 0.2) is 36.4 Å². The molecule has 26 heavy (non-hydrogen) atoms. The third-order valence-electron chi connectivity index (χ3n) is 3.56. The van der Waals surface area contributed by atoms with Crippen molar-refractivity contribution in [3.63, 3.8) is 0 Å². The summed E-state index contributed by atoms with van der Waals surface area (Å²) in [5.74, 6) is -0.536. The summed E-state index contributed by atoms with van der Waals surface area (Å²) in [5, 5.41) is 4.56. The van der Waals surface area contributed by atoms with E-state index in [2.05, 4.69) is 12.0 Å². The lowest BCUT2D eigenvalue weighted by Crippen LogP contribution is -2.13. The minimum atomic E-state index is -3.84. The highest BCUT2D eigenvalue weighted by atomic mass is 35.5. The number of carbonyl (C=O) groups excluding carboxylic acids is 1. The van der Waals surface area contributed by atoms with Crippen LogP contribution >= 0.6 is 11.6 Å². The zero-order valence-electron chi connectivity index (χ0n) is 14.9. The molecule has 0 bridgehead atoms. The second-order valence-electron chi connectivity index (χ2n) is 5.80. The van der Waals surface area contributed by atoms with Crippen LogP contribution in [0.1, 0.15) is 41.4 Å². The van der Waals surface area contributed by atoms with Gasteiger partial charge >= 0.3 is 10.1 Å². The molecule has 1 aromatic carbocycles. The summed E-state index contributed by atoms with van der Waals surface area (Å²) >= 11 is 6.11. The van der Waals surface area contributed by atoms with Gasteiger partial charge in [-0.05, 0) is 25.5 Å². The molecule has 0 atom stereocenters. The maximum atomic E-state index is 13.0. The second kappa shape index (κ2) is 8.51. The Kier molecular flexibility index (Phi) is 6.61. The van der Waals surface area contributed by atoms with Crippen molar-refractivity contribution in [2.24, 2.45) is 0 Å². The number of ketones is 1. The summed E-state index contributed by atoms with van der Waals surface area (Å²) in [6.45, 7) is 3.98. The van der Waals surface area contributed by atoms with Crippen molar-refractivity contribution in [3.8, 4) is 5.88 Å². The number of carbonyl (C=O) groups is 1. The molecule has 0 spiro atoms. The fourth-order valence-electron chi connectivity index (χ4n) is 2.41. The molecule has 1 aromatic heterocycles. The zero-order chi connectivity index (χ0) is 19.3. The predicted octanol–water partition coefficient (Wildman–Crippen LogP) is 3.77. The first-order valence-electron chi connectivity index (χ1n) is 8.15. The van der Waals surface area contributed by atoms with Crippen molar-refractivity contribution < 1.29 is 17.4 Å². The molecule has 140 valence electrons. The molecule has 0 saturated carbocycles. The van der Waals surface area contributed by atoms with Gasteiger partial charge in [-0.15, -0.1) is 0 Å². The van der Waals surface area contributed by atoms with Crippen LogP contribution in [0.3, 0.4) is 0 Å². The molecule has 0 radical (unpaired) electrons. The topological polar surface area (TPSA) is 78.3 Å². The number of allylic oxidation sites excluding steroid dienone is 2. The van der Waals surface area contributed by atoms with Gasteiger partial charge in [0, 0.05) is 5.56 Å². The Morgan fingerprint density at radius 3 is 2.62 bits per heavy atom. The number of aromatic nitrogens is 2. The molecule has 1 heterocycles. The number of hydrogen-bond donors (Lipinski definition) is 0. The van der Waals surface area contributed by atoms with Crippen LogP contribution < -0.4 is 4.18 Å². The highest BCUT2D eigenvalue weighted by molar-refractivity contribution is 7.86. The summed E-state index contributed by atoms with van der Waals surface area (Å²) < 4.78 is 29.9. The summed E-state index contributed by atoms with van der Waals surface area (Å²) in [7, 11) is -3.84. The SMILES string of the molecule is CCCC=CCn1nc(C)c(C(=O)c2ccccc2Cl)c1OS(C)(=O)=O. The molecule has 0 unspecified atom stereocenters. The van der Waals surface area contributed by atoms with E-state index in [1.54, 1.807) is 31.2 Å². The van der Waals surface area contributed by atoms with Crippen molar-refractivity contribution in [1.82, 2.24) is 9.78 Å². The smallest absolute Gasteiger partial charge is 0.307 e. The Bertz CT molecular complexity index is 933. The maximum Gasteiger partial charge on any atom is 0.307 e. The molecule has 0 aliphatic carbocycles. The lowest BCUT2D eigenvalue weighted by Gasteiger charge is -2.08. The average Bonchev–Trinajstić information content (AvgIpc) is 2.85. The van der Waals surface area contributed by atoms with Crippen molar-refractivity contribution >= 4 is 27.5 Å². The van der Waals surface area contributed by atoms with Gasteiger partial charge in [0.05, 0.1) is 23.5 Å². The zero-order valence-corrected chi connectivity index (χ0v) is 16.5. The Balaban J connectivity index is 2.52. The Labute approximate surface area is 158 Å². The lowest BCUT2D eigenvalue weighted by molar-refractivity contribution is 0.103. The minimum absolute atomic E-state index is 0.0902. The van der Waals surface area contributed by atoms with Crippen LogP contribution in [0, 0.1) is 6.92 Å². The van der Waals surface area contributed by atoms with Crippen molar-refractivity contribution in [1.29, 1.82) is 0 Å². The van der Waals surface area contributed by atoms with Gasteiger partial charge in [0.15, 0.2) is 0 Å². The molecule has 2 rings (SSSR count). The van der Waals surface area contributed by atoms with E-state index in [9.17, 15) is 13.2 Å². The first-order valence-corrected chi connectivity index (χ1v) is 10.3. The molecule has 0 amide bonds. The first kappa shape index (κ1) is 20.2. The van der Waals surface area contributed by atoms with Crippen LogP contribution in [0.4, 0.5) is 0 Å². The van der Waals surface area contributed by atoms with Crippen molar-refractivity contribution in [3.05, 3.63) is 58.3 Å². The Hall–Kier alpha value is -2.12.